The summed E-state index contributed by atoms with van der Waals surface area (Å²) >= 11 is 0. The molecular weight excluding hydrogens is 176 g/mol. The first-order valence-corrected chi connectivity index (χ1v) is 4.63. The third-order valence-corrected chi connectivity index (χ3v) is 1.93. The number of aromatic hydroxyl groups is 1. The van der Waals surface area contributed by atoms with Crippen LogP contribution in [0.4, 0.5) is 5.69 Å². The molecule has 0 saturated carbocycles. The smallest absolute Gasteiger partial charge is 0.139 e. The first kappa shape index (κ1) is 10.6. The average Bonchev–Trinajstić information content (AvgIpc) is 2.18. The summed E-state index contributed by atoms with van der Waals surface area (Å²) in [6, 6.07) is 5.24. The second kappa shape index (κ2) is 5.29. The van der Waals surface area contributed by atoms with E-state index < -0.39 is 0 Å². The lowest BCUT2D eigenvalue weighted by molar-refractivity contribution is 0.478. The summed E-state index contributed by atoms with van der Waals surface area (Å²) in [5, 5.41) is 12.4. The summed E-state index contributed by atoms with van der Waals surface area (Å²) in [7, 11) is 1.92. The minimum absolute atomic E-state index is 0.140. The van der Waals surface area contributed by atoms with Gasteiger partial charge in [-0.15, -0.1) is 0 Å². The highest BCUT2D eigenvalue weighted by Gasteiger charge is 1.95. The molecule has 0 aliphatic carbocycles. The molecule has 0 atom stereocenters. The Balaban J connectivity index is 2.59. The molecule has 1 aromatic carbocycles. The van der Waals surface area contributed by atoms with E-state index in [4.69, 9.17) is 5.73 Å². The maximum absolute atomic E-state index is 9.33. The Bertz CT molecular complexity index is 321. The molecule has 0 aliphatic heterocycles. The molecule has 3 heteroatoms. The molecule has 4 N–H and O–H groups in total. The molecular formula is C11H16N2O. The van der Waals surface area contributed by atoms with Gasteiger partial charge >= 0.3 is 0 Å². The topological polar surface area (TPSA) is 58.3 Å². The minimum atomic E-state index is 0.140. The third kappa shape index (κ3) is 3.11. The van der Waals surface area contributed by atoms with Crippen LogP contribution >= 0.6 is 0 Å². The van der Waals surface area contributed by atoms with Crippen LogP contribution in [0.2, 0.25) is 0 Å². The Kier molecular flexibility index (Phi) is 4.01. The molecule has 76 valence electrons. The zero-order valence-electron chi connectivity index (χ0n) is 8.33. The number of hydrogen-bond donors (Lipinski definition) is 3. The lowest BCUT2D eigenvalue weighted by Crippen LogP contribution is -2.05. The average molecular weight is 192 g/mol. The van der Waals surface area contributed by atoms with Gasteiger partial charge in [-0.1, -0.05) is 18.2 Å². The van der Waals surface area contributed by atoms with Crippen molar-refractivity contribution >= 4 is 11.8 Å². The highest BCUT2D eigenvalue weighted by Crippen LogP contribution is 2.21. The van der Waals surface area contributed by atoms with Crippen molar-refractivity contribution in [1.29, 1.82) is 0 Å². The van der Waals surface area contributed by atoms with Crippen LogP contribution in [0.1, 0.15) is 12.0 Å². The molecule has 0 saturated heterocycles. The normalized spacial score (nSPS) is 10.9. The SMILES string of the molecule is CNCCC=Cc1ccc(N)c(O)c1. The second-order valence-corrected chi connectivity index (χ2v) is 3.11. The molecule has 3 nitrogen and oxygen atoms in total. The largest absolute Gasteiger partial charge is 0.506 e. The van der Waals surface area contributed by atoms with Crippen LogP contribution in [0.3, 0.4) is 0 Å². The molecule has 0 amide bonds. The Morgan fingerprint density at radius 3 is 2.93 bits per heavy atom. The van der Waals surface area contributed by atoms with Gasteiger partial charge in [-0.25, -0.2) is 0 Å². The molecule has 0 fully saturated rings. The van der Waals surface area contributed by atoms with Gasteiger partial charge in [0, 0.05) is 0 Å². The zero-order chi connectivity index (χ0) is 10.4. The van der Waals surface area contributed by atoms with Crippen molar-refractivity contribution in [2.45, 2.75) is 6.42 Å². The third-order valence-electron chi connectivity index (χ3n) is 1.93. The Morgan fingerprint density at radius 1 is 1.50 bits per heavy atom. The summed E-state index contributed by atoms with van der Waals surface area (Å²) in [4.78, 5) is 0. The van der Waals surface area contributed by atoms with Gasteiger partial charge < -0.3 is 16.2 Å². The Hall–Kier alpha value is -1.48. The summed E-state index contributed by atoms with van der Waals surface area (Å²) in [5.41, 5.74) is 6.86. The monoisotopic (exact) mass is 192 g/mol. The molecule has 0 unspecified atom stereocenters. The minimum Gasteiger partial charge on any atom is -0.506 e. The summed E-state index contributed by atoms with van der Waals surface area (Å²) < 4.78 is 0. The predicted molar refractivity (Wildman–Crippen MR) is 60.1 cm³/mol. The van der Waals surface area contributed by atoms with Crippen molar-refractivity contribution in [2.24, 2.45) is 0 Å². The van der Waals surface area contributed by atoms with Gasteiger partial charge in [0.25, 0.3) is 0 Å². The molecule has 0 heterocycles. The van der Waals surface area contributed by atoms with Gasteiger partial charge in [-0.3, -0.25) is 0 Å². The van der Waals surface area contributed by atoms with E-state index in [-0.39, 0.29) is 5.75 Å². The second-order valence-electron chi connectivity index (χ2n) is 3.11. The van der Waals surface area contributed by atoms with Crippen LogP contribution in [0, 0.1) is 0 Å². The molecule has 0 bridgehead atoms. The summed E-state index contributed by atoms with van der Waals surface area (Å²) in [6.45, 7) is 0.956. The van der Waals surface area contributed by atoms with Crippen LogP contribution in [-0.2, 0) is 0 Å². The number of rotatable bonds is 4. The standard InChI is InChI=1S/C11H16N2O/c1-13-7-3-2-4-9-5-6-10(12)11(14)8-9/h2,4-6,8,13-14H,3,7,12H2,1H3. The van der Waals surface area contributed by atoms with Gasteiger partial charge in [0.15, 0.2) is 0 Å². The number of phenolic OH excluding ortho intramolecular Hbond substituents is 1. The maximum Gasteiger partial charge on any atom is 0.139 e. The fraction of sp³-hybridized carbons (Fsp3) is 0.273. The first-order valence-electron chi connectivity index (χ1n) is 4.63. The van der Waals surface area contributed by atoms with Gasteiger partial charge in [-0.2, -0.15) is 0 Å². The number of nitrogens with one attached hydrogen (secondary N) is 1. The van der Waals surface area contributed by atoms with E-state index >= 15 is 0 Å². The molecule has 1 aromatic rings. The molecule has 0 spiro atoms. The van der Waals surface area contributed by atoms with E-state index in [1.165, 1.54) is 0 Å². The van der Waals surface area contributed by atoms with Gasteiger partial charge in [0.2, 0.25) is 0 Å². The number of nitrogens with two attached hydrogens (primary N) is 1. The highest BCUT2D eigenvalue weighted by atomic mass is 16.3. The summed E-state index contributed by atoms with van der Waals surface area (Å²) in [6.07, 6.45) is 5.00. The Labute approximate surface area is 84.3 Å². The predicted octanol–water partition coefficient (Wildman–Crippen LogP) is 1.60. The van der Waals surface area contributed by atoms with Crippen LogP contribution in [0.15, 0.2) is 24.3 Å². The van der Waals surface area contributed by atoms with Crippen molar-refractivity contribution in [3.63, 3.8) is 0 Å². The van der Waals surface area contributed by atoms with Crippen molar-refractivity contribution in [1.82, 2.24) is 5.32 Å². The van der Waals surface area contributed by atoms with E-state index in [0.29, 0.717) is 5.69 Å². The highest BCUT2D eigenvalue weighted by molar-refractivity contribution is 5.60. The first-order chi connectivity index (χ1) is 6.74. The van der Waals surface area contributed by atoms with Gasteiger partial charge in [-0.05, 0) is 37.7 Å². The van der Waals surface area contributed by atoms with Crippen LogP contribution in [-0.4, -0.2) is 18.7 Å². The van der Waals surface area contributed by atoms with Gasteiger partial charge in [0.1, 0.15) is 5.75 Å². The number of phenols is 1. The van der Waals surface area contributed by atoms with Crippen LogP contribution in [0.25, 0.3) is 6.08 Å². The number of nitrogen functional groups attached to an aromatic ring is 1. The zero-order valence-corrected chi connectivity index (χ0v) is 8.33. The van der Waals surface area contributed by atoms with Crippen LogP contribution < -0.4 is 11.1 Å². The van der Waals surface area contributed by atoms with E-state index in [2.05, 4.69) is 11.4 Å². The molecule has 14 heavy (non-hydrogen) atoms. The molecule has 0 aromatic heterocycles. The van der Waals surface area contributed by atoms with Crippen LogP contribution in [0.5, 0.6) is 5.75 Å². The number of benzene rings is 1. The fourth-order valence-electron chi connectivity index (χ4n) is 1.11. The number of hydrogen-bond acceptors (Lipinski definition) is 3. The number of anilines is 1. The van der Waals surface area contributed by atoms with E-state index in [1.54, 1.807) is 12.1 Å². The summed E-state index contributed by atoms with van der Waals surface area (Å²) in [5.74, 6) is 0.140. The van der Waals surface area contributed by atoms with Crippen molar-refractivity contribution in [3.05, 3.63) is 29.8 Å². The van der Waals surface area contributed by atoms with Gasteiger partial charge in [0.05, 0.1) is 5.69 Å². The van der Waals surface area contributed by atoms with E-state index in [9.17, 15) is 5.11 Å². The quantitative estimate of drug-likeness (QED) is 0.386. The van der Waals surface area contributed by atoms with Crippen molar-refractivity contribution < 1.29 is 5.11 Å². The van der Waals surface area contributed by atoms with Crippen molar-refractivity contribution in [3.8, 4) is 5.75 Å². The van der Waals surface area contributed by atoms with E-state index in [0.717, 1.165) is 18.5 Å². The maximum atomic E-state index is 9.33. The van der Waals surface area contributed by atoms with E-state index in [1.807, 2.05) is 19.2 Å². The Morgan fingerprint density at radius 2 is 2.29 bits per heavy atom. The fourth-order valence-corrected chi connectivity index (χ4v) is 1.11. The lowest BCUT2D eigenvalue weighted by atomic mass is 10.1. The molecule has 0 aliphatic rings. The van der Waals surface area contributed by atoms with Crippen molar-refractivity contribution in [2.75, 3.05) is 19.3 Å². The molecule has 1 rings (SSSR count). The molecule has 0 radical (unpaired) electrons. The lowest BCUT2D eigenvalue weighted by Gasteiger charge is -1.99.